The zero-order chi connectivity index (χ0) is 22.8. The minimum absolute atomic E-state index is 0.00100. The Morgan fingerprint density at radius 1 is 1.00 bits per heavy atom. The molecule has 5 nitrogen and oxygen atoms in total. The molecule has 0 atom stereocenters. The van der Waals surface area contributed by atoms with Crippen LogP contribution in [0.2, 0.25) is 5.02 Å². The third-order valence-electron chi connectivity index (χ3n) is 5.27. The fourth-order valence-electron chi connectivity index (χ4n) is 3.35. The van der Waals surface area contributed by atoms with Crippen molar-refractivity contribution in [2.75, 3.05) is 11.9 Å². The summed E-state index contributed by atoms with van der Waals surface area (Å²) in [6, 6.07) is 18.1. The molecule has 0 bridgehead atoms. The molecule has 0 fully saturated rings. The van der Waals surface area contributed by atoms with Gasteiger partial charge in [-0.1, -0.05) is 53.6 Å². The van der Waals surface area contributed by atoms with E-state index in [4.69, 9.17) is 20.8 Å². The highest BCUT2D eigenvalue weighted by molar-refractivity contribution is 6.33. The van der Waals surface area contributed by atoms with E-state index in [-0.39, 0.29) is 23.5 Å². The van der Waals surface area contributed by atoms with Crippen LogP contribution in [0.4, 0.5) is 5.69 Å². The summed E-state index contributed by atoms with van der Waals surface area (Å²) in [6.45, 7) is 5.50. The van der Waals surface area contributed by atoms with Crippen LogP contribution >= 0.6 is 11.6 Å². The fraction of sp³-hybridized carbons (Fsp3) is 0.154. The molecule has 162 valence electrons. The molecule has 0 radical (unpaired) electrons. The summed E-state index contributed by atoms with van der Waals surface area (Å²) < 4.78 is 11.9. The molecule has 4 rings (SSSR count). The van der Waals surface area contributed by atoms with Crippen LogP contribution in [0.5, 0.6) is 5.75 Å². The second-order valence-corrected chi connectivity index (χ2v) is 8.11. The van der Waals surface area contributed by atoms with E-state index in [0.29, 0.717) is 27.2 Å². The van der Waals surface area contributed by atoms with Crippen LogP contribution in [0.3, 0.4) is 0 Å². The first-order valence-electron chi connectivity index (χ1n) is 10.2. The minimum Gasteiger partial charge on any atom is -0.476 e. The highest BCUT2D eigenvalue weighted by atomic mass is 35.5. The van der Waals surface area contributed by atoms with E-state index < -0.39 is 5.91 Å². The van der Waals surface area contributed by atoms with Crippen molar-refractivity contribution in [1.82, 2.24) is 0 Å². The standard InChI is InChI=1S/C26H22ClNO4/c1-15-8-10-18(11-9-15)25-26(24(30)19-12-16(2)17(3)13-22(19)32-25)31-14-23(29)28-21-7-5-4-6-20(21)27/h4-13H,14H2,1-3H3,(H,28,29). The van der Waals surface area contributed by atoms with Gasteiger partial charge in [0.1, 0.15) is 5.58 Å². The van der Waals surface area contributed by atoms with Gasteiger partial charge in [0.2, 0.25) is 11.2 Å². The van der Waals surface area contributed by atoms with Crippen LogP contribution in [0.1, 0.15) is 16.7 Å². The number of anilines is 1. The lowest BCUT2D eigenvalue weighted by molar-refractivity contribution is -0.118. The van der Waals surface area contributed by atoms with E-state index in [9.17, 15) is 9.59 Å². The number of fused-ring (bicyclic) bond motifs is 1. The SMILES string of the molecule is Cc1ccc(-c2oc3cc(C)c(C)cc3c(=O)c2OCC(=O)Nc2ccccc2Cl)cc1. The quantitative estimate of drug-likeness (QED) is 0.404. The van der Waals surface area contributed by atoms with Gasteiger partial charge in [0, 0.05) is 5.56 Å². The summed E-state index contributed by atoms with van der Waals surface area (Å²) in [7, 11) is 0. The number of carbonyl (C=O) groups excluding carboxylic acids is 1. The van der Waals surface area contributed by atoms with Crippen molar-refractivity contribution in [2.45, 2.75) is 20.8 Å². The van der Waals surface area contributed by atoms with Crippen LogP contribution in [0, 0.1) is 20.8 Å². The molecule has 0 spiro atoms. The van der Waals surface area contributed by atoms with Crippen molar-refractivity contribution < 1.29 is 13.9 Å². The van der Waals surface area contributed by atoms with Crippen LogP contribution in [-0.2, 0) is 4.79 Å². The number of rotatable bonds is 5. The summed E-state index contributed by atoms with van der Waals surface area (Å²) in [5.41, 5.74) is 4.37. The highest BCUT2D eigenvalue weighted by Crippen LogP contribution is 2.32. The van der Waals surface area contributed by atoms with Gasteiger partial charge >= 0.3 is 0 Å². The van der Waals surface area contributed by atoms with Crippen molar-refractivity contribution in [3.63, 3.8) is 0 Å². The Morgan fingerprint density at radius 2 is 1.69 bits per heavy atom. The second kappa shape index (κ2) is 8.89. The van der Waals surface area contributed by atoms with Crippen LogP contribution in [0.25, 0.3) is 22.3 Å². The largest absolute Gasteiger partial charge is 0.476 e. The lowest BCUT2D eigenvalue weighted by Gasteiger charge is -2.13. The number of hydrogen-bond acceptors (Lipinski definition) is 4. The van der Waals surface area contributed by atoms with E-state index in [1.807, 2.05) is 51.1 Å². The van der Waals surface area contributed by atoms with Crippen molar-refractivity contribution in [3.8, 4) is 17.1 Å². The summed E-state index contributed by atoms with van der Waals surface area (Å²) >= 11 is 6.10. The molecule has 32 heavy (non-hydrogen) atoms. The molecule has 4 aromatic rings. The number of ether oxygens (including phenoxy) is 1. The van der Waals surface area contributed by atoms with Gasteiger partial charge in [0.25, 0.3) is 5.91 Å². The topological polar surface area (TPSA) is 68.5 Å². The first-order valence-corrected chi connectivity index (χ1v) is 10.5. The Morgan fingerprint density at radius 3 is 2.41 bits per heavy atom. The molecule has 6 heteroatoms. The third kappa shape index (κ3) is 4.39. The molecular formula is C26H22ClNO4. The molecule has 0 saturated heterocycles. The first kappa shape index (κ1) is 21.7. The number of carbonyl (C=O) groups is 1. The molecule has 1 amide bonds. The Balaban J connectivity index is 1.73. The molecule has 0 aliphatic rings. The molecule has 0 aliphatic carbocycles. The third-order valence-corrected chi connectivity index (χ3v) is 5.60. The van der Waals surface area contributed by atoms with E-state index in [2.05, 4.69) is 5.32 Å². The number of halogens is 1. The Labute approximate surface area is 190 Å². The number of para-hydroxylation sites is 1. The number of hydrogen-bond donors (Lipinski definition) is 1. The summed E-state index contributed by atoms with van der Waals surface area (Å²) in [5.74, 6) is -0.150. The van der Waals surface area contributed by atoms with Gasteiger partial charge in [-0.25, -0.2) is 0 Å². The smallest absolute Gasteiger partial charge is 0.262 e. The second-order valence-electron chi connectivity index (χ2n) is 7.70. The van der Waals surface area contributed by atoms with E-state index >= 15 is 0 Å². The zero-order valence-electron chi connectivity index (χ0n) is 18.0. The van der Waals surface area contributed by atoms with E-state index in [1.165, 1.54) is 0 Å². The fourth-order valence-corrected chi connectivity index (χ4v) is 3.53. The number of aryl methyl sites for hydroxylation is 3. The van der Waals surface area contributed by atoms with Crippen LogP contribution in [0.15, 0.2) is 69.9 Å². The van der Waals surface area contributed by atoms with E-state index in [1.54, 1.807) is 30.3 Å². The Kier molecular flexibility index (Phi) is 6.01. The maximum atomic E-state index is 13.3. The summed E-state index contributed by atoms with van der Waals surface area (Å²) in [5, 5.41) is 3.51. The van der Waals surface area contributed by atoms with Crippen molar-refractivity contribution in [1.29, 1.82) is 0 Å². The molecule has 3 aromatic carbocycles. The van der Waals surface area contributed by atoms with Crippen LogP contribution < -0.4 is 15.5 Å². The summed E-state index contributed by atoms with van der Waals surface area (Å²) in [6.07, 6.45) is 0. The summed E-state index contributed by atoms with van der Waals surface area (Å²) in [4.78, 5) is 25.8. The van der Waals surface area contributed by atoms with Crippen molar-refractivity contribution in [3.05, 3.63) is 92.6 Å². The van der Waals surface area contributed by atoms with Gasteiger partial charge in [0.15, 0.2) is 12.4 Å². The molecule has 0 aliphatic heterocycles. The average Bonchev–Trinajstić information content (AvgIpc) is 2.77. The maximum Gasteiger partial charge on any atom is 0.262 e. The van der Waals surface area contributed by atoms with Crippen molar-refractivity contribution in [2.24, 2.45) is 0 Å². The highest BCUT2D eigenvalue weighted by Gasteiger charge is 2.20. The van der Waals surface area contributed by atoms with Gasteiger partial charge in [-0.2, -0.15) is 0 Å². The normalized spacial score (nSPS) is 10.9. The van der Waals surface area contributed by atoms with Crippen LogP contribution in [-0.4, -0.2) is 12.5 Å². The predicted molar refractivity (Wildman–Crippen MR) is 128 cm³/mol. The number of amides is 1. The lowest BCUT2D eigenvalue weighted by atomic mass is 10.0. The molecule has 1 aromatic heterocycles. The zero-order valence-corrected chi connectivity index (χ0v) is 18.7. The molecule has 0 unspecified atom stereocenters. The molecule has 1 heterocycles. The van der Waals surface area contributed by atoms with Crippen molar-refractivity contribution >= 4 is 34.2 Å². The van der Waals surface area contributed by atoms with Gasteiger partial charge in [0.05, 0.1) is 16.1 Å². The first-order chi connectivity index (χ1) is 15.3. The van der Waals surface area contributed by atoms with Gasteiger partial charge < -0.3 is 14.5 Å². The lowest BCUT2D eigenvalue weighted by Crippen LogP contribution is -2.22. The maximum absolute atomic E-state index is 13.3. The Bertz CT molecular complexity index is 1370. The minimum atomic E-state index is -0.437. The molecular weight excluding hydrogens is 426 g/mol. The monoisotopic (exact) mass is 447 g/mol. The molecule has 0 saturated carbocycles. The predicted octanol–water partition coefficient (Wildman–Crippen LogP) is 6.06. The van der Waals surface area contributed by atoms with Gasteiger partial charge in [-0.15, -0.1) is 0 Å². The van der Waals surface area contributed by atoms with Gasteiger partial charge in [-0.3, -0.25) is 9.59 Å². The molecule has 1 N–H and O–H groups in total. The number of benzene rings is 3. The Hall–Kier alpha value is -3.57. The van der Waals surface area contributed by atoms with E-state index in [0.717, 1.165) is 16.7 Å². The number of nitrogens with one attached hydrogen (secondary N) is 1. The van der Waals surface area contributed by atoms with Gasteiger partial charge in [-0.05, 0) is 56.2 Å². The average molecular weight is 448 g/mol.